The highest BCUT2D eigenvalue weighted by Crippen LogP contribution is 2.19. The van der Waals surface area contributed by atoms with Crippen LogP contribution >= 0.6 is 11.3 Å². The maximum absolute atomic E-state index is 12.2. The SMILES string of the molecule is CC1CCN(CCCNC(=O)CN(C)S(=O)(=O)c2cccs2)CC1. The van der Waals surface area contributed by atoms with E-state index in [2.05, 4.69) is 17.1 Å². The molecule has 2 heterocycles. The van der Waals surface area contributed by atoms with Gasteiger partial charge in [-0.3, -0.25) is 4.79 Å². The summed E-state index contributed by atoms with van der Waals surface area (Å²) in [6.45, 7) is 5.97. The van der Waals surface area contributed by atoms with Gasteiger partial charge in [0.15, 0.2) is 0 Å². The summed E-state index contributed by atoms with van der Waals surface area (Å²) in [7, 11) is -2.13. The molecule has 0 aliphatic carbocycles. The zero-order valence-electron chi connectivity index (χ0n) is 14.4. The average molecular weight is 374 g/mol. The number of sulfonamides is 1. The fourth-order valence-corrected chi connectivity index (χ4v) is 5.05. The van der Waals surface area contributed by atoms with Crippen LogP contribution in [0.2, 0.25) is 0 Å². The Morgan fingerprint density at radius 2 is 2.12 bits per heavy atom. The normalized spacial score (nSPS) is 17.3. The smallest absolute Gasteiger partial charge is 0.252 e. The van der Waals surface area contributed by atoms with E-state index in [0.717, 1.165) is 47.6 Å². The third-order valence-corrected chi connectivity index (χ3v) is 7.55. The Kier molecular flexibility index (Phi) is 7.21. The minimum absolute atomic E-state index is 0.151. The standard InChI is InChI=1S/C16H27N3O3S2/c1-14-6-10-19(11-7-14)9-4-8-17-15(20)13-18(2)24(21,22)16-5-3-12-23-16/h3,5,12,14H,4,6-11,13H2,1-2H3,(H,17,20). The van der Waals surface area contributed by atoms with Crippen molar-refractivity contribution in [2.24, 2.45) is 5.92 Å². The summed E-state index contributed by atoms with van der Waals surface area (Å²) in [6, 6.07) is 3.24. The lowest BCUT2D eigenvalue weighted by atomic mass is 9.99. The third-order valence-electron chi connectivity index (χ3n) is 4.38. The highest BCUT2D eigenvalue weighted by molar-refractivity contribution is 7.91. The highest BCUT2D eigenvalue weighted by Gasteiger charge is 2.23. The van der Waals surface area contributed by atoms with E-state index in [1.807, 2.05) is 0 Å². The van der Waals surface area contributed by atoms with E-state index in [1.165, 1.54) is 19.9 Å². The number of likely N-dealkylation sites (tertiary alicyclic amines) is 1. The van der Waals surface area contributed by atoms with Crippen molar-refractivity contribution in [3.63, 3.8) is 0 Å². The first-order chi connectivity index (χ1) is 11.4. The summed E-state index contributed by atoms with van der Waals surface area (Å²) >= 11 is 1.16. The molecule has 0 aromatic carbocycles. The number of piperidine rings is 1. The zero-order chi connectivity index (χ0) is 17.6. The van der Waals surface area contributed by atoms with Crippen LogP contribution in [-0.2, 0) is 14.8 Å². The van der Waals surface area contributed by atoms with Gasteiger partial charge in [0.25, 0.3) is 10.0 Å². The molecule has 1 fully saturated rings. The van der Waals surface area contributed by atoms with Gasteiger partial charge >= 0.3 is 0 Å². The number of nitrogens with one attached hydrogen (secondary N) is 1. The molecule has 136 valence electrons. The van der Waals surface area contributed by atoms with E-state index in [1.54, 1.807) is 17.5 Å². The molecular weight excluding hydrogens is 346 g/mol. The highest BCUT2D eigenvalue weighted by atomic mass is 32.2. The van der Waals surface area contributed by atoms with E-state index in [-0.39, 0.29) is 16.7 Å². The van der Waals surface area contributed by atoms with Crippen molar-refractivity contribution in [3.8, 4) is 0 Å². The van der Waals surface area contributed by atoms with Crippen LogP contribution in [0.3, 0.4) is 0 Å². The van der Waals surface area contributed by atoms with Crippen molar-refractivity contribution in [3.05, 3.63) is 17.5 Å². The van der Waals surface area contributed by atoms with Crippen LogP contribution in [-0.4, -0.2) is 63.3 Å². The van der Waals surface area contributed by atoms with E-state index in [4.69, 9.17) is 0 Å². The van der Waals surface area contributed by atoms with Gasteiger partial charge in [0, 0.05) is 13.6 Å². The van der Waals surface area contributed by atoms with E-state index in [0.29, 0.717) is 6.54 Å². The maximum Gasteiger partial charge on any atom is 0.252 e. The van der Waals surface area contributed by atoms with Gasteiger partial charge in [-0.25, -0.2) is 8.42 Å². The summed E-state index contributed by atoms with van der Waals surface area (Å²) in [5.41, 5.74) is 0. The Hall–Kier alpha value is -0.960. The molecule has 1 aromatic rings. The molecule has 0 radical (unpaired) electrons. The first-order valence-corrected chi connectivity index (χ1v) is 10.7. The number of hydrogen-bond acceptors (Lipinski definition) is 5. The summed E-state index contributed by atoms with van der Waals surface area (Å²) in [6.07, 6.45) is 3.39. The number of hydrogen-bond donors (Lipinski definition) is 1. The third kappa shape index (κ3) is 5.54. The molecule has 1 amide bonds. The Morgan fingerprint density at radius 1 is 1.42 bits per heavy atom. The number of amides is 1. The summed E-state index contributed by atoms with van der Waals surface area (Å²) < 4.78 is 25.8. The van der Waals surface area contributed by atoms with Gasteiger partial charge in [0.05, 0.1) is 6.54 Å². The average Bonchev–Trinajstić information content (AvgIpc) is 3.08. The lowest BCUT2D eigenvalue weighted by Crippen LogP contribution is -2.39. The van der Waals surface area contributed by atoms with Crippen molar-refractivity contribution in [2.45, 2.75) is 30.4 Å². The number of thiophene rings is 1. The molecule has 6 nitrogen and oxygen atoms in total. The second kappa shape index (κ2) is 8.94. The quantitative estimate of drug-likeness (QED) is 0.703. The van der Waals surface area contributed by atoms with Crippen LogP contribution in [0, 0.1) is 5.92 Å². The molecule has 0 unspecified atom stereocenters. The van der Waals surface area contributed by atoms with Crippen molar-refractivity contribution in [1.82, 2.24) is 14.5 Å². The van der Waals surface area contributed by atoms with Gasteiger partial charge in [0.1, 0.15) is 4.21 Å². The Bertz CT molecular complexity index is 609. The molecule has 0 saturated carbocycles. The van der Waals surface area contributed by atoms with E-state index >= 15 is 0 Å². The molecule has 0 atom stereocenters. The summed E-state index contributed by atoms with van der Waals surface area (Å²) in [5.74, 6) is 0.562. The van der Waals surface area contributed by atoms with Gasteiger partial charge in [0.2, 0.25) is 5.91 Å². The molecule has 8 heteroatoms. The molecule has 1 aliphatic heterocycles. The summed E-state index contributed by atoms with van der Waals surface area (Å²) in [4.78, 5) is 14.4. The molecular formula is C16H27N3O3S2. The number of rotatable bonds is 8. The molecule has 1 aromatic heterocycles. The molecule has 0 bridgehead atoms. The first-order valence-electron chi connectivity index (χ1n) is 8.38. The van der Waals surface area contributed by atoms with Crippen LogP contribution < -0.4 is 5.32 Å². The fraction of sp³-hybridized carbons (Fsp3) is 0.688. The minimum Gasteiger partial charge on any atom is -0.355 e. The molecule has 2 rings (SSSR count). The van der Waals surface area contributed by atoms with E-state index in [9.17, 15) is 13.2 Å². The number of carbonyl (C=O) groups is 1. The van der Waals surface area contributed by atoms with Gasteiger partial charge < -0.3 is 10.2 Å². The molecule has 0 spiro atoms. The molecule has 24 heavy (non-hydrogen) atoms. The predicted octanol–water partition coefficient (Wildman–Crippen LogP) is 1.61. The van der Waals surface area contributed by atoms with Crippen molar-refractivity contribution < 1.29 is 13.2 Å². The van der Waals surface area contributed by atoms with Gasteiger partial charge in [-0.2, -0.15) is 4.31 Å². The Labute approximate surface area is 148 Å². The van der Waals surface area contributed by atoms with Crippen LogP contribution in [0.4, 0.5) is 0 Å². The minimum atomic E-state index is -3.56. The van der Waals surface area contributed by atoms with Crippen LogP contribution in [0.5, 0.6) is 0 Å². The lowest BCUT2D eigenvalue weighted by Gasteiger charge is -2.30. The second-order valence-electron chi connectivity index (χ2n) is 6.42. The topological polar surface area (TPSA) is 69.7 Å². The second-order valence-corrected chi connectivity index (χ2v) is 9.64. The van der Waals surface area contributed by atoms with Gasteiger partial charge in [-0.1, -0.05) is 13.0 Å². The van der Waals surface area contributed by atoms with Crippen LogP contribution in [0.1, 0.15) is 26.2 Å². The zero-order valence-corrected chi connectivity index (χ0v) is 16.0. The summed E-state index contributed by atoms with van der Waals surface area (Å²) in [5, 5.41) is 4.52. The van der Waals surface area contributed by atoms with Crippen molar-refractivity contribution >= 4 is 27.3 Å². The molecule has 1 saturated heterocycles. The van der Waals surface area contributed by atoms with Crippen molar-refractivity contribution in [1.29, 1.82) is 0 Å². The van der Waals surface area contributed by atoms with Crippen molar-refractivity contribution in [2.75, 3.05) is 39.8 Å². The largest absolute Gasteiger partial charge is 0.355 e. The monoisotopic (exact) mass is 373 g/mol. The predicted molar refractivity (Wildman–Crippen MR) is 96.6 cm³/mol. The number of carbonyl (C=O) groups excluding carboxylic acids is 1. The molecule has 1 N–H and O–H groups in total. The van der Waals surface area contributed by atoms with Gasteiger partial charge in [-0.05, 0) is 56.3 Å². The van der Waals surface area contributed by atoms with E-state index < -0.39 is 10.0 Å². The van der Waals surface area contributed by atoms with Crippen LogP contribution in [0.15, 0.2) is 21.7 Å². The van der Waals surface area contributed by atoms with Crippen LogP contribution in [0.25, 0.3) is 0 Å². The fourth-order valence-electron chi connectivity index (χ4n) is 2.72. The maximum atomic E-state index is 12.2. The Morgan fingerprint density at radius 3 is 2.75 bits per heavy atom. The lowest BCUT2D eigenvalue weighted by molar-refractivity contribution is -0.121. The Balaban J connectivity index is 1.66. The molecule has 1 aliphatic rings. The number of nitrogens with zero attached hydrogens (tertiary/aromatic N) is 2. The van der Waals surface area contributed by atoms with Gasteiger partial charge in [-0.15, -0.1) is 11.3 Å². The first kappa shape index (κ1) is 19.4. The number of likely N-dealkylation sites (N-methyl/N-ethyl adjacent to an activating group) is 1.